The van der Waals surface area contributed by atoms with Crippen LogP contribution in [0.15, 0.2) is 17.2 Å². The van der Waals surface area contributed by atoms with E-state index in [4.69, 9.17) is 0 Å². The molecule has 0 aliphatic rings. The molecule has 2 aromatic rings. The van der Waals surface area contributed by atoms with E-state index < -0.39 is 6.04 Å². The maximum Gasteiger partial charge on any atom is 0.348 e. The van der Waals surface area contributed by atoms with Gasteiger partial charge in [0.1, 0.15) is 18.2 Å². The molecule has 0 bridgehead atoms. The standard InChI is InChI=1S/C10H14N6O2/c1-3-11-9(17)6(2)13-7-4-8-14-15-10(18)16(8)5-12-7/h4-6,13H,3H2,1-2H3,(H,11,17)(H,15,18). The number of aromatic nitrogens is 4. The molecule has 0 radical (unpaired) electrons. The van der Waals surface area contributed by atoms with Crippen LogP contribution in [-0.2, 0) is 4.79 Å². The van der Waals surface area contributed by atoms with Gasteiger partial charge in [-0.15, -0.1) is 0 Å². The van der Waals surface area contributed by atoms with Gasteiger partial charge in [0.05, 0.1) is 0 Å². The molecule has 0 spiro atoms. The van der Waals surface area contributed by atoms with Gasteiger partial charge in [-0.05, 0) is 13.8 Å². The minimum Gasteiger partial charge on any atom is -0.358 e. The van der Waals surface area contributed by atoms with Gasteiger partial charge in [-0.3, -0.25) is 4.79 Å². The fourth-order valence-corrected chi connectivity index (χ4v) is 1.50. The van der Waals surface area contributed by atoms with Gasteiger partial charge in [0.25, 0.3) is 0 Å². The Hall–Kier alpha value is -2.38. The molecule has 2 heterocycles. The van der Waals surface area contributed by atoms with Crippen LogP contribution < -0.4 is 16.3 Å². The van der Waals surface area contributed by atoms with Crippen LogP contribution in [0.1, 0.15) is 13.8 Å². The summed E-state index contributed by atoms with van der Waals surface area (Å²) in [7, 11) is 0. The summed E-state index contributed by atoms with van der Waals surface area (Å²) in [6.45, 7) is 4.16. The molecule has 8 heteroatoms. The number of carbonyl (C=O) groups is 1. The number of rotatable bonds is 4. The largest absolute Gasteiger partial charge is 0.358 e. The second-order valence-corrected chi connectivity index (χ2v) is 3.79. The third-order valence-corrected chi connectivity index (χ3v) is 2.42. The van der Waals surface area contributed by atoms with Crippen LogP contribution in [0, 0.1) is 0 Å². The van der Waals surface area contributed by atoms with Crippen LogP contribution in [0.2, 0.25) is 0 Å². The van der Waals surface area contributed by atoms with E-state index in [1.165, 1.54) is 10.7 Å². The number of carbonyl (C=O) groups excluding carboxylic acids is 1. The summed E-state index contributed by atoms with van der Waals surface area (Å²) < 4.78 is 1.28. The number of nitrogens with zero attached hydrogens (tertiary/aromatic N) is 3. The Morgan fingerprint density at radius 3 is 3.11 bits per heavy atom. The monoisotopic (exact) mass is 250 g/mol. The quantitative estimate of drug-likeness (QED) is 0.669. The summed E-state index contributed by atoms with van der Waals surface area (Å²) in [5, 5.41) is 11.8. The highest BCUT2D eigenvalue weighted by Gasteiger charge is 2.12. The molecule has 2 aromatic heterocycles. The highest BCUT2D eigenvalue weighted by molar-refractivity contribution is 5.83. The summed E-state index contributed by atoms with van der Waals surface area (Å²) in [6, 6.07) is 1.18. The number of aromatic amines is 1. The lowest BCUT2D eigenvalue weighted by Gasteiger charge is -2.13. The average Bonchev–Trinajstić information content (AvgIpc) is 2.71. The zero-order valence-electron chi connectivity index (χ0n) is 10.1. The molecule has 0 aliphatic carbocycles. The molecule has 1 unspecified atom stereocenters. The molecule has 0 fully saturated rings. The van der Waals surface area contributed by atoms with Crippen LogP contribution in [0.25, 0.3) is 5.65 Å². The number of H-pyrrole nitrogens is 1. The summed E-state index contributed by atoms with van der Waals surface area (Å²) in [6.07, 6.45) is 1.36. The molecule has 1 atom stereocenters. The number of amides is 1. The van der Waals surface area contributed by atoms with Gasteiger partial charge >= 0.3 is 5.69 Å². The van der Waals surface area contributed by atoms with Crippen molar-refractivity contribution in [2.75, 3.05) is 11.9 Å². The maximum absolute atomic E-state index is 11.5. The Bertz CT molecular complexity index is 616. The predicted octanol–water partition coefficient (Wildman–Crippen LogP) is -0.646. The number of fused-ring (bicyclic) bond motifs is 1. The maximum atomic E-state index is 11.5. The zero-order chi connectivity index (χ0) is 13.1. The predicted molar refractivity (Wildman–Crippen MR) is 65.4 cm³/mol. The van der Waals surface area contributed by atoms with Crippen molar-refractivity contribution in [1.29, 1.82) is 0 Å². The van der Waals surface area contributed by atoms with Crippen molar-refractivity contribution in [3.05, 3.63) is 22.9 Å². The van der Waals surface area contributed by atoms with E-state index in [0.717, 1.165) is 0 Å². The smallest absolute Gasteiger partial charge is 0.348 e. The number of hydrogen-bond acceptors (Lipinski definition) is 5. The Kier molecular flexibility index (Phi) is 3.26. The van der Waals surface area contributed by atoms with Crippen molar-refractivity contribution in [2.24, 2.45) is 0 Å². The molecule has 3 N–H and O–H groups in total. The van der Waals surface area contributed by atoms with Crippen molar-refractivity contribution < 1.29 is 4.79 Å². The second-order valence-electron chi connectivity index (χ2n) is 3.79. The summed E-state index contributed by atoms with van der Waals surface area (Å²) in [5.74, 6) is 0.374. The van der Waals surface area contributed by atoms with Crippen LogP contribution in [0.3, 0.4) is 0 Å². The molecule has 2 rings (SSSR count). The van der Waals surface area contributed by atoms with Gasteiger partial charge in [0, 0.05) is 12.6 Å². The lowest BCUT2D eigenvalue weighted by Crippen LogP contribution is -2.37. The third-order valence-electron chi connectivity index (χ3n) is 2.42. The Morgan fingerprint density at radius 1 is 1.61 bits per heavy atom. The van der Waals surface area contributed by atoms with Crippen LogP contribution >= 0.6 is 0 Å². The van der Waals surface area contributed by atoms with Gasteiger partial charge in [0.15, 0.2) is 5.65 Å². The lowest BCUT2D eigenvalue weighted by molar-refractivity contribution is -0.121. The molecular formula is C10H14N6O2. The van der Waals surface area contributed by atoms with Crippen molar-refractivity contribution >= 4 is 17.4 Å². The van der Waals surface area contributed by atoms with Crippen molar-refractivity contribution in [2.45, 2.75) is 19.9 Å². The molecule has 1 amide bonds. The topological polar surface area (TPSA) is 104 Å². The summed E-state index contributed by atoms with van der Waals surface area (Å²) in [4.78, 5) is 26.8. The van der Waals surface area contributed by atoms with E-state index in [2.05, 4.69) is 25.8 Å². The Labute approximate surface area is 102 Å². The second kappa shape index (κ2) is 4.86. The molecule has 18 heavy (non-hydrogen) atoms. The normalized spacial score (nSPS) is 12.3. The fourth-order valence-electron chi connectivity index (χ4n) is 1.50. The molecule has 96 valence electrons. The highest BCUT2D eigenvalue weighted by Crippen LogP contribution is 2.05. The minimum atomic E-state index is -0.412. The van der Waals surface area contributed by atoms with Crippen LogP contribution in [0.5, 0.6) is 0 Å². The number of anilines is 1. The molecule has 0 aromatic carbocycles. The first-order chi connectivity index (χ1) is 8.61. The Morgan fingerprint density at radius 2 is 2.39 bits per heavy atom. The first-order valence-corrected chi connectivity index (χ1v) is 5.59. The molecular weight excluding hydrogens is 236 g/mol. The van der Waals surface area contributed by atoms with E-state index in [1.54, 1.807) is 13.0 Å². The van der Waals surface area contributed by atoms with Crippen molar-refractivity contribution in [3.8, 4) is 0 Å². The zero-order valence-corrected chi connectivity index (χ0v) is 10.1. The summed E-state index contributed by atoms with van der Waals surface area (Å²) >= 11 is 0. The first kappa shape index (κ1) is 12.1. The van der Waals surface area contributed by atoms with E-state index >= 15 is 0 Å². The summed E-state index contributed by atoms with van der Waals surface area (Å²) in [5.41, 5.74) is 0.0985. The third kappa shape index (κ3) is 2.31. The molecule has 0 saturated heterocycles. The van der Waals surface area contributed by atoms with Crippen molar-refractivity contribution in [3.63, 3.8) is 0 Å². The van der Waals surface area contributed by atoms with Crippen molar-refractivity contribution in [1.82, 2.24) is 24.9 Å². The molecule has 8 nitrogen and oxygen atoms in total. The average molecular weight is 250 g/mol. The lowest BCUT2D eigenvalue weighted by atomic mass is 10.3. The SMILES string of the molecule is CCNC(=O)C(C)Nc1cc2n[nH]c(=O)n2cn1. The van der Waals surface area contributed by atoms with Gasteiger partial charge in [0.2, 0.25) is 5.91 Å². The van der Waals surface area contributed by atoms with E-state index in [1.807, 2.05) is 6.92 Å². The van der Waals surface area contributed by atoms with Gasteiger partial charge < -0.3 is 10.6 Å². The number of nitrogens with one attached hydrogen (secondary N) is 3. The molecule has 0 aliphatic heterocycles. The van der Waals surface area contributed by atoms with E-state index in [-0.39, 0.29) is 11.6 Å². The highest BCUT2D eigenvalue weighted by atomic mass is 16.2. The number of hydrogen-bond donors (Lipinski definition) is 3. The fraction of sp³-hybridized carbons (Fsp3) is 0.400. The van der Waals surface area contributed by atoms with Gasteiger partial charge in [-0.2, -0.15) is 5.10 Å². The van der Waals surface area contributed by atoms with E-state index in [9.17, 15) is 9.59 Å². The number of likely N-dealkylation sites (N-methyl/N-ethyl adjacent to an activating group) is 1. The van der Waals surface area contributed by atoms with E-state index in [0.29, 0.717) is 18.0 Å². The van der Waals surface area contributed by atoms with Gasteiger partial charge in [-0.1, -0.05) is 0 Å². The minimum absolute atomic E-state index is 0.112. The Balaban J connectivity index is 2.17. The molecule has 0 saturated carbocycles. The van der Waals surface area contributed by atoms with Crippen LogP contribution in [-0.4, -0.2) is 38.1 Å². The first-order valence-electron chi connectivity index (χ1n) is 5.59. The van der Waals surface area contributed by atoms with Gasteiger partial charge in [-0.25, -0.2) is 19.3 Å². The van der Waals surface area contributed by atoms with Crippen LogP contribution in [0.4, 0.5) is 5.82 Å².